The number of carboxylic acid groups (broad SMARTS) is 1. The lowest BCUT2D eigenvalue weighted by atomic mass is 10.0. The zero-order valence-electron chi connectivity index (χ0n) is 10.7. The Labute approximate surface area is 112 Å². The zero-order valence-corrected chi connectivity index (χ0v) is 10.7. The molecule has 0 spiro atoms. The number of aliphatic carboxylic acids is 1. The molecule has 106 valence electrons. The highest BCUT2D eigenvalue weighted by atomic mass is 19.4. The molecule has 1 heterocycles. The number of hydrogen-bond acceptors (Lipinski definition) is 3. The van der Waals surface area contributed by atoms with Crippen molar-refractivity contribution < 1.29 is 23.1 Å². The van der Waals surface area contributed by atoms with Crippen molar-refractivity contribution in [1.82, 2.24) is 9.97 Å². The average molecular weight is 284 g/mol. The fraction of sp³-hybridized carbons (Fsp3) is 0.308. The summed E-state index contributed by atoms with van der Waals surface area (Å²) < 4.78 is 38.0. The van der Waals surface area contributed by atoms with E-state index in [-0.39, 0.29) is 17.0 Å². The topological polar surface area (TPSA) is 63.1 Å². The van der Waals surface area contributed by atoms with E-state index in [1.165, 1.54) is 19.9 Å². The lowest BCUT2D eigenvalue weighted by molar-refractivity contribution is -0.139. The molecule has 0 aliphatic carbocycles. The molecule has 0 bridgehead atoms. The predicted molar refractivity (Wildman–Crippen MR) is 65.3 cm³/mol. The summed E-state index contributed by atoms with van der Waals surface area (Å²) in [6.07, 6.45) is -4.47. The Morgan fingerprint density at radius 2 is 1.95 bits per heavy atom. The van der Waals surface area contributed by atoms with Crippen molar-refractivity contribution in [2.75, 3.05) is 0 Å². The van der Waals surface area contributed by atoms with E-state index in [4.69, 9.17) is 5.11 Å². The number of halogens is 3. The van der Waals surface area contributed by atoms with E-state index < -0.39 is 23.6 Å². The number of alkyl halides is 3. The summed E-state index contributed by atoms with van der Waals surface area (Å²) in [5.74, 6) is -1.78. The molecule has 7 heteroatoms. The number of rotatable bonds is 2. The monoisotopic (exact) mass is 284 g/mol. The molecule has 1 atom stereocenters. The van der Waals surface area contributed by atoms with E-state index >= 15 is 0 Å². The fourth-order valence-electron chi connectivity index (χ4n) is 1.90. The van der Waals surface area contributed by atoms with Gasteiger partial charge in [-0.15, -0.1) is 0 Å². The number of carboxylic acids is 1. The van der Waals surface area contributed by atoms with E-state index in [9.17, 15) is 18.0 Å². The van der Waals surface area contributed by atoms with Crippen LogP contribution in [0.3, 0.4) is 0 Å². The maximum absolute atomic E-state index is 12.7. The van der Waals surface area contributed by atoms with Crippen molar-refractivity contribution in [1.29, 1.82) is 0 Å². The molecule has 0 aliphatic heterocycles. The Morgan fingerprint density at radius 3 is 2.50 bits per heavy atom. The summed E-state index contributed by atoms with van der Waals surface area (Å²) in [5, 5.41) is 9.35. The number of carbonyl (C=O) groups is 1. The van der Waals surface area contributed by atoms with Gasteiger partial charge in [0.2, 0.25) is 0 Å². The van der Waals surface area contributed by atoms with Gasteiger partial charge in [-0.1, -0.05) is 6.07 Å². The van der Waals surface area contributed by atoms with Gasteiger partial charge in [0, 0.05) is 5.39 Å². The van der Waals surface area contributed by atoms with Gasteiger partial charge < -0.3 is 5.11 Å². The Hall–Kier alpha value is -2.18. The standard InChI is InChI=1S/C13H11F3N2O2/c1-6(12(19)20)11-9-4-3-8(13(14,15)16)5-10(9)17-7(2)18-11/h3-6H,1-2H3,(H,19,20). The SMILES string of the molecule is Cc1nc(C(C)C(=O)O)c2ccc(C(F)(F)F)cc2n1. The summed E-state index contributed by atoms with van der Waals surface area (Å²) in [7, 11) is 0. The third kappa shape index (κ3) is 2.56. The lowest BCUT2D eigenvalue weighted by Crippen LogP contribution is -2.12. The van der Waals surface area contributed by atoms with Crippen molar-refractivity contribution in [2.45, 2.75) is 25.9 Å². The lowest BCUT2D eigenvalue weighted by Gasteiger charge is -2.12. The van der Waals surface area contributed by atoms with Gasteiger partial charge in [-0.25, -0.2) is 9.97 Å². The molecule has 0 amide bonds. The molecule has 1 aromatic carbocycles. The first-order valence-corrected chi connectivity index (χ1v) is 5.78. The molecule has 1 aromatic heterocycles. The van der Waals surface area contributed by atoms with Crippen LogP contribution in [0.1, 0.15) is 29.9 Å². The van der Waals surface area contributed by atoms with Crippen LogP contribution in [-0.2, 0) is 11.0 Å². The van der Waals surface area contributed by atoms with E-state index in [0.717, 1.165) is 12.1 Å². The quantitative estimate of drug-likeness (QED) is 0.920. The summed E-state index contributed by atoms with van der Waals surface area (Å²) in [6, 6.07) is 3.02. The third-order valence-electron chi connectivity index (χ3n) is 2.95. The number of nitrogens with zero attached hydrogens (tertiary/aromatic N) is 2. The summed E-state index contributed by atoms with van der Waals surface area (Å²) in [5.41, 5.74) is -0.513. The molecule has 1 unspecified atom stereocenters. The summed E-state index contributed by atoms with van der Waals surface area (Å²) in [6.45, 7) is 2.94. The Morgan fingerprint density at radius 1 is 1.30 bits per heavy atom. The first-order valence-electron chi connectivity index (χ1n) is 5.78. The van der Waals surface area contributed by atoms with Crippen LogP contribution in [0.25, 0.3) is 10.9 Å². The van der Waals surface area contributed by atoms with Gasteiger partial charge in [-0.3, -0.25) is 4.79 Å². The van der Waals surface area contributed by atoms with Gasteiger partial charge >= 0.3 is 12.1 Å². The zero-order chi connectivity index (χ0) is 15.1. The van der Waals surface area contributed by atoms with E-state index in [1.54, 1.807) is 0 Å². The molecule has 20 heavy (non-hydrogen) atoms. The molecule has 0 saturated carbocycles. The summed E-state index contributed by atoms with van der Waals surface area (Å²) >= 11 is 0. The molecule has 1 N–H and O–H groups in total. The van der Waals surface area contributed by atoms with Gasteiger partial charge in [-0.05, 0) is 26.0 Å². The molecular weight excluding hydrogens is 273 g/mol. The minimum Gasteiger partial charge on any atom is -0.481 e. The van der Waals surface area contributed by atoms with Crippen molar-refractivity contribution in [2.24, 2.45) is 0 Å². The number of benzene rings is 1. The maximum Gasteiger partial charge on any atom is 0.416 e. The molecule has 0 saturated heterocycles. The molecular formula is C13H11F3N2O2. The normalized spacial score (nSPS) is 13.4. The van der Waals surface area contributed by atoms with Gasteiger partial charge in [0.15, 0.2) is 0 Å². The van der Waals surface area contributed by atoms with Crippen LogP contribution in [0.5, 0.6) is 0 Å². The smallest absolute Gasteiger partial charge is 0.416 e. The highest BCUT2D eigenvalue weighted by Crippen LogP contribution is 2.32. The van der Waals surface area contributed by atoms with Gasteiger partial charge in [-0.2, -0.15) is 13.2 Å². The van der Waals surface area contributed by atoms with Gasteiger partial charge in [0.25, 0.3) is 0 Å². The minimum absolute atomic E-state index is 0.0930. The molecule has 2 rings (SSSR count). The second-order valence-electron chi connectivity index (χ2n) is 4.45. The van der Waals surface area contributed by atoms with E-state index in [0.29, 0.717) is 5.39 Å². The van der Waals surface area contributed by atoms with Crippen molar-refractivity contribution in [3.63, 3.8) is 0 Å². The van der Waals surface area contributed by atoms with Crippen molar-refractivity contribution in [3.8, 4) is 0 Å². The van der Waals surface area contributed by atoms with Crippen LogP contribution in [0.2, 0.25) is 0 Å². The Kier molecular flexibility index (Phi) is 3.37. The van der Waals surface area contributed by atoms with Crippen molar-refractivity contribution >= 4 is 16.9 Å². The maximum atomic E-state index is 12.7. The van der Waals surface area contributed by atoms with Crippen LogP contribution >= 0.6 is 0 Å². The van der Waals surface area contributed by atoms with Crippen LogP contribution in [0.4, 0.5) is 13.2 Å². The summed E-state index contributed by atoms with van der Waals surface area (Å²) in [4.78, 5) is 19.0. The Balaban J connectivity index is 2.70. The number of aryl methyl sites for hydroxylation is 1. The molecule has 0 aliphatic rings. The largest absolute Gasteiger partial charge is 0.481 e. The highest BCUT2D eigenvalue weighted by molar-refractivity contribution is 5.87. The van der Waals surface area contributed by atoms with Crippen LogP contribution in [0, 0.1) is 6.92 Å². The Bertz CT molecular complexity index is 683. The van der Waals surface area contributed by atoms with Crippen LogP contribution in [0.15, 0.2) is 18.2 Å². The van der Waals surface area contributed by atoms with Crippen LogP contribution in [-0.4, -0.2) is 21.0 Å². The minimum atomic E-state index is -4.47. The van der Waals surface area contributed by atoms with Crippen LogP contribution < -0.4 is 0 Å². The average Bonchev–Trinajstić information content (AvgIpc) is 2.34. The predicted octanol–water partition coefficient (Wildman–Crippen LogP) is 3.15. The van der Waals surface area contributed by atoms with Gasteiger partial charge in [0.05, 0.1) is 22.7 Å². The first-order chi connectivity index (χ1) is 9.20. The van der Waals surface area contributed by atoms with E-state index in [2.05, 4.69) is 9.97 Å². The fourth-order valence-corrected chi connectivity index (χ4v) is 1.90. The van der Waals surface area contributed by atoms with E-state index in [1.807, 2.05) is 0 Å². The third-order valence-corrected chi connectivity index (χ3v) is 2.95. The molecule has 2 aromatic rings. The van der Waals surface area contributed by atoms with Crippen molar-refractivity contribution in [3.05, 3.63) is 35.3 Å². The number of hydrogen-bond donors (Lipinski definition) is 1. The van der Waals surface area contributed by atoms with Gasteiger partial charge in [0.1, 0.15) is 5.82 Å². The second kappa shape index (κ2) is 4.73. The molecule has 0 fully saturated rings. The molecule has 4 nitrogen and oxygen atoms in total. The second-order valence-corrected chi connectivity index (χ2v) is 4.45. The first kappa shape index (κ1) is 14.2. The highest BCUT2D eigenvalue weighted by Gasteiger charge is 2.31. The number of fused-ring (bicyclic) bond motifs is 1. The molecule has 0 radical (unpaired) electrons. The number of aromatic nitrogens is 2.